The average Bonchev–Trinajstić information content (AvgIpc) is 3.62. The van der Waals surface area contributed by atoms with Crippen molar-refractivity contribution >= 4 is 29.3 Å². The van der Waals surface area contributed by atoms with Gasteiger partial charge in [0.25, 0.3) is 0 Å². The van der Waals surface area contributed by atoms with Gasteiger partial charge in [-0.25, -0.2) is 9.67 Å². The monoisotopic (exact) mass is 567 g/mol. The minimum absolute atomic E-state index is 0.00403. The van der Waals surface area contributed by atoms with Crippen LogP contribution >= 0.6 is 11.6 Å². The van der Waals surface area contributed by atoms with Crippen LogP contribution in [0.1, 0.15) is 45.4 Å². The number of aromatic nitrogens is 4. The van der Waals surface area contributed by atoms with E-state index in [9.17, 15) is 14.4 Å². The van der Waals surface area contributed by atoms with Crippen molar-refractivity contribution in [2.45, 2.75) is 64.1 Å². The molecule has 12 heteroatoms. The Morgan fingerprint density at radius 3 is 2.52 bits per heavy atom. The average molecular weight is 568 g/mol. The first-order chi connectivity index (χ1) is 19.3. The van der Waals surface area contributed by atoms with E-state index < -0.39 is 11.9 Å². The Balaban J connectivity index is 1.65. The van der Waals surface area contributed by atoms with Crippen molar-refractivity contribution in [1.29, 1.82) is 0 Å². The molecule has 0 spiro atoms. The summed E-state index contributed by atoms with van der Waals surface area (Å²) in [5, 5.41) is 7.93. The van der Waals surface area contributed by atoms with Crippen LogP contribution in [-0.2, 0) is 20.9 Å². The summed E-state index contributed by atoms with van der Waals surface area (Å²) in [6.07, 6.45) is 7.27. The van der Waals surface area contributed by atoms with Gasteiger partial charge in [-0.3, -0.25) is 19.4 Å². The summed E-state index contributed by atoms with van der Waals surface area (Å²) in [6.45, 7) is 2.04. The quantitative estimate of drug-likeness (QED) is 0.342. The van der Waals surface area contributed by atoms with Gasteiger partial charge in [0, 0.05) is 49.5 Å². The predicted molar refractivity (Wildman–Crippen MR) is 150 cm³/mol. The van der Waals surface area contributed by atoms with Gasteiger partial charge < -0.3 is 20.7 Å². The maximum atomic E-state index is 13.8. The Bertz CT molecular complexity index is 1340. The Morgan fingerprint density at radius 1 is 1.18 bits per heavy atom. The standard InChI is InChI=1S/C28H34ClN7O4/c1-18(37)32-23(8-10-25(30)38)28(39)35(21-5-3-4-6-21)15-16-36-27(20-7-9-24(40-2)22(29)17-20)33-26(34-36)19-11-13-31-14-12-19/h7,9,11-14,17,21,23H,3-6,8,10,15-16H2,1-2H3,(H2,30,38)(H,32,37)/t23-/m0/s1. The van der Waals surface area contributed by atoms with Gasteiger partial charge in [-0.05, 0) is 49.6 Å². The first-order valence-electron chi connectivity index (χ1n) is 13.3. The third-order valence-electron chi connectivity index (χ3n) is 6.98. The predicted octanol–water partition coefficient (Wildman–Crippen LogP) is 3.21. The fourth-order valence-corrected chi connectivity index (χ4v) is 5.28. The number of primary amides is 1. The molecule has 3 aromatic rings. The van der Waals surface area contributed by atoms with Gasteiger partial charge in [0.15, 0.2) is 11.6 Å². The molecular formula is C28H34ClN7O4. The van der Waals surface area contributed by atoms with Crippen LogP contribution in [0.3, 0.4) is 0 Å². The van der Waals surface area contributed by atoms with E-state index in [2.05, 4.69) is 10.3 Å². The number of hydrogen-bond acceptors (Lipinski definition) is 7. The molecular weight excluding hydrogens is 534 g/mol. The molecule has 2 heterocycles. The summed E-state index contributed by atoms with van der Waals surface area (Å²) in [5.41, 5.74) is 6.89. The number of carbonyl (C=O) groups is 3. The highest BCUT2D eigenvalue weighted by atomic mass is 35.5. The van der Waals surface area contributed by atoms with E-state index in [0.717, 1.165) is 36.8 Å². The summed E-state index contributed by atoms with van der Waals surface area (Å²) < 4.78 is 7.07. The number of rotatable bonds is 12. The lowest BCUT2D eigenvalue weighted by Crippen LogP contribution is -2.52. The molecule has 1 aliphatic rings. The second kappa shape index (κ2) is 13.4. The molecule has 1 aliphatic carbocycles. The van der Waals surface area contributed by atoms with Gasteiger partial charge >= 0.3 is 0 Å². The zero-order valence-corrected chi connectivity index (χ0v) is 23.4. The molecule has 3 N–H and O–H groups in total. The Hall–Kier alpha value is -3.99. The van der Waals surface area contributed by atoms with Crippen LogP contribution < -0.4 is 15.8 Å². The van der Waals surface area contributed by atoms with Crippen molar-refractivity contribution in [2.75, 3.05) is 13.7 Å². The summed E-state index contributed by atoms with van der Waals surface area (Å²) in [4.78, 5) is 47.8. The molecule has 2 aromatic heterocycles. The summed E-state index contributed by atoms with van der Waals surface area (Å²) in [5.74, 6) is 0.550. The highest BCUT2D eigenvalue weighted by molar-refractivity contribution is 6.32. The van der Waals surface area contributed by atoms with Gasteiger partial charge in [-0.15, -0.1) is 0 Å². The van der Waals surface area contributed by atoms with Gasteiger partial charge in [0.1, 0.15) is 11.8 Å². The molecule has 0 bridgehead atoms. The van der Waals surface area contributed by atoms with Crippen LogP contribution in [0.2, 0.25) is 5.02 Å². The van der Waals surface area contributed by atoms with Crippen molar-refractivity contribution in [3.05, 3.63) is 47.7 Å². The van der Waals surface area contributed by atoms with E-state index in [-0.39, 0.29) is 30.7 Å². The van der Waals surface area contributed by atoms with E-state index in [0.29, 0.717) is 35.5 Å². The molecule has 4 rings (SSSR count). The zero-order chi connectivity index (χ0) is 28.6. The Morgan fingerprint density at radius 2 is 1.90 bits per heavy atom. The number of nitrogens with two attached hydrogens (primary N) is 1. The molecule has 0 aliphatic heterocycles. The number of methoxy groups -OCH3 is 1. The van der Waals surface area contributed by atoms with E-state index in [4.69, 9.17) is 32.2 Å². The molecule has 11 nitrogen and oxygen atoms in total. The van der Waals surface area contributed by atoms with Gasteiger partial charge in [-0.2, -0.15) is 5.10 Å². The number of nitrogens with one attached hydrogen (secondary N) is 1. The largest absolute Gasteiger partial charge is 0.495 e. The molecule has 40 heavy (non-hydrogen) atoms. The number of carbonyl (C=O) groups excluding carboxylic acids is 3. The van der Waals surface area contributed by atoms with Crippen LogP contribution in [0.4, 0.5) is 0 Å². The lowest BCUT2D eigenvalue weighted by atomic mass is 10.1. The van der Waals surface area contributed by atoms with Crippen LogP contribution in [-0.4, -0.2) is 68.1 Å². The Kier molecular flexibility index (Phi) is 9.70. The van der Waals surface area contributed by atoms with Crippen LogP contribution in [0.25, 0.3) is 22.8 Å². The van der Waals surface area contributed by atoms with Crippen molar-refractivity contribution in [2.24, 2.45) is 5.73 Å². The lowest BCUT2D eigenvalue weighted by Gasteiger charge is -2.32. The number of halogens is 1. The van der Waals surface area contributed by atoms with Crippen LogP contribution in [0.5, 0.6) is 5.75 Å². The maximum absolute atomic E-state index is 13.8. The number of amides is 3. The van der Waals surface area contributed by atoms with Crippen molar-refractivity contribution in [3.63, 3.8) is 0 Å². The lowest BCUT2D eigenvalue weighted by molar-refractivity contribution is -0.138. The van der Waals surface area contributed by atoms with Crippen LogP contribution in [0, 0.1) is 0 Å². The van der Waals surface area contributed by atoms with E-state index in [1.54, 1.807) is 36.3 Å². The minimum Gasteiger partial charge on any atom is -0.495 e. The highest BCUT2D eigenvalue weighted by Crippen LogP contribution is 2.31. The zero-order valence-electron chi connectivity index (χ0n) is 22.7. The smallest absolute Gasteiger partial charge is 0.245 e. The minimum atomic E-state index is -0.839. The third-order valence-corrected chi connectivity index (χ3v) is 7.27. The van der Waals surface area contributed by atoms with Crippen molar-refractivity contribution in [3.8, 4) is 28.5 Å². The molecule has 0 saturated heterocycles. The third kappa shape index (κ3) is 7.15. The molecule has 1 atom stereocenters. The molecule has 1 saturated carbocycles. The summed E-state index contributed by atoms with van der Waals surface area (Å²) >= 11 is 6.43. The topological polar surface area (TPSA) is 145 Å². The molecule has 0 radical (unpaired) electrons. The van der Waals surface area contributed by atoms with Gasteiger partial charge in [0.2, 0.25) is 17.7 Å². The van der Waals surface area contributed by atoms with Crippen molar-refractivity contribution in [1.82, 2.24) is 30.0 Å². The second-order valence-corrected chi connectivity index (χ2v) is 10.2. The van der Waals surface area contributed by atoms with Gasteiger partial charge in [0.05, 0.1) is 18.7 Å². The molecule has 1 aromatic carbocycles. The van der Waals surface area contributed by atoms with Crippen LogP contribution in [0.15, 0.2) is 42.7 Å². The Labute approximate surface area is 238 Å². The number of nitrogens with zero attached hydrogens (tertiary/aromatic N) is 5. The molecule has 3 amide bonds. The SMILES string of the molecule is COc1ccc(-c2nc(-c3ccncc3)nn2CCN(C(=O)[C@H](CCC(N)=O)NC(C)=O)C2CCCC2)cc1Cl. The van der Waals surface area contributed by atoms with E-state index >= 15 is 0 Å². The molecule has 0 unspecified atom stereocenters. The van der Waals surface area contributed by atoms with Gasteiger partial charge in [-0.1, -0.05) is 24.4 Å². The number of hydrogen-bond donors (Lipinski definition) is 2. The normalized spacial score (nSPS) is 14.1. The number of ether oxygens (including phenoxy) is 1. The highest BCUT2D eigenvalue weighted by Gasteiger charge is 2.32. The number of benzene rings is 1. The molecule has 212 valence electrons. The molecule has 1 fully saturated rings. The first-order valence-corrected chi connectivity index (χ1v) is 13.7. The summed E-state index contributed by atoms with van der Waals surface area (Å²) in [6, 6.07) is 8.25. The van der Waals surface area contributed by atoms with Crippen molar-refractivity contribution < 1.29 is 19.1 Å². The maximum Gasteiger partial charge on any atom is 0.245 e. The first kappa shape index (κ1) is 29.0. The number of pyridine rings is 1. The fourth-order valence-electron chi connectivity index (χ4n) is 5.02. The van der Waals surface area contributed by atoms with E-state index in [1.165, 1.54) is 6.92 Å². The fraction of sp³-hybridized carbons (Fsp3) is 0.429. The second-order valence-electron chi connectivity index (χ2n) is 9.80. The summed E-state index contributed by atoms with van der Waals surface area (Å²) in [7, 11) is 1.55. The van der Waals surface area contributed by atoms with E-state index in [1.807, 2.05) is 23.1 Å².